The SMILES string of the molecule is Cl.NC1(c2noc(-c3ccn(-c4c(Cl)cc([N+](=O)[O-])cc4Cl)n3)n2)CCC1. The molecule has 1 aliphatic carbocycles. The predicted octanol–water partition coefficient (Wildman–Crippen LogP) is 3.90. The Balaban J connectivity index is 0.00000210. The molecular weight excluding hydrogens is 419 g/mol. The second-order valence-electron chi connectivity index (χ2n) is 6.09. The van der Waals surface area contributed by atoms with Crippen molar-refractivity contribution in [2.24, 2.45) is 5.73 Å². The fourth-order valence-corrected chi connectivity index (χ4v) is 3.40. The van der Waals surface area contributed by atoms with Gasteiger partial charge in [-0.15, -0.1) is 12.4 Å². The van der Waals surface area contributed by atoms with Gasteiger partial charge in [-0.25, -0.2) is 4.68 Å². The van der Waals surface area contributed by atoms with E-state index >= 15 is 0 Å². The van der Waals surface area contributed by atoms with Gasteiger partial charge in [0.1, 0.15) is 5.69 Å². The molecule has 27 heavy (non-hydrogen) atoms. The van der Waals surface area contributed by atoms with Gasteiger partial charge in [0.15, 0.2) is 11.5 Å². The molecule has 1 fully saturated rings. The van der Waals surface area contributed by atoms with Gasteiger partial charge in [-0.1, -0.05) is 28.4 Å². The number of nitro benzene ring substituents is 1. The second kappa shape index (κ2) is 7.08. The quantitative estimate of drug-likeness (QED) is 0.490. The molecule has 2 aromatic heterocycles. The Kier molecular flexibility index (Phi) is 5.13. The number of non-ortho nitro benzene ring substituents is 1. The van der Waals surface area contributed by atoms with Crippen molar-refractivity contribution in [2.75, 3.05) is 0 Å². The van der Waals surface area contributed by atoms with Crippen molar-refractivity contribution < 1.29 is 9.45 Å². The lowest BCUT2D eigenvalue weighted by Gasteiger charge is -2.34. The molecule has 1 saturated carbocycles. The fraction of sp³-hybridized carbons (Fsp3) is 0.267. The first-order valence-electron chi connectivity index (χ1n) is 7.70. The molecular formula is C15H13Cl3N6O3. The molecule has 0 radical (unpaired) electrons. The molecule has 2 heterocycles. The molecule has 0 bridgehead atoms. The Hall–Kier alpha value is -2.20. The molecule has 1 aromatic carbocycles. The van der Waals surface area contributed by atoms with Crippen LogP contribution in [0.15, 0.2) is 28.9 Å². The van der Waals surface area contributed by atoms with Gasteiger partial charge < -0.3 is 10.3 Å². The average molecular weight is 432 g/mol. The number of nitrogens with two attached hydrogens (primary N) is 1. The summed E-state index contributed by atoms with van der Waals surface area (Å²) in [6, 6.07) is 4.07. The van der Waals surface area contributed by atoms with Crippen molar-refractivity contribution in [1.82, 2.24) is 19.9 Å². The van der Waals surface area contributed by atoms with Gasteiger partial charge >= 0.3 is 0 Å². The number of nitro groups is 1. The maximum absolute atomic E-state index is 10.9. The van der Waals surface area contributed by atoms with Gasteiger partial charge in [-0.2, -0.15) is 10.1 Å². The Morgan fingerprint density at radius 2 is 1.96 bits per heavy atom. The first kappa shape index (κ1) is 19.6. The van der Waals surface area contributed by atoms with E-state index < -0.39 is 10.5 Å². The van der Waals surface area contributed by atoms with Crippen LogP contribution in [0.25, 0.3) is 17.3 Å². The number of aromatic nitrogens is 4. The van der Waals surface area contributed by atoms with E-state index in [-0.39, 0.29) is 34.0 Å². The normalized spacial score (nSPS) is 15.1. The van der Waals surface area contributed by atoms with E-state index in [0.29, 0.717) is 17.2 Å². The molecule has 0 amide bonds. The van der Waals surface area contributed by atoms with Crippen LogP contribution in [-0.2, 0) is 5.54 Å². The van der Waals surface area contributed by atoms with Crippen molar-refractivity contribution in [3.63, 3.8) is 0 Å². The first-order valence-corrected chi connectivity index (χ1v) is 8.46. The first-order chi connectivity index (χ1) is 12.4. The van der Waals surface area contributed by atoms with Gasteiger partial charge in [0, 0.05) is 18.3 Å². The Morgan fingerprint density at radius 1 is 1.30 bits per heavy atom. The van der Waals surface area contributed by atoms with Crippen LogP contribution in [0, 0.1) is 10.1 Å². The lowest BCUT2D eigenvalue weighted by atomic mass is 9.77. The number of hydrogen-bond acceptors (Lipinski definition) is 7. The topological polar surface area (TPSA) is 126 Å². The maximum atomic E-state index is 10.9. The summed E-state index contributed by atoms with van der Waals surface area (Å²) < 4.78 is 6.66. The molecule has 3 aromatic rings. The van der Waals surface area contributed by atoms with Crippen molar-refractivity contribution in [3.8, 4) is 17.3 Å². The lowest BCUT2D eigenvalue weighted by Crippen LogP contribution is -2.44. The summed E-state index contributed by atoms with van der Waals surface area (Å²) in [7, 11) is 0. The number of benzene rings is 1. The minimum Gasteiger partial charge on any atom is -0.332 e. The number of hydrogen-bond donors (Lipinski definition) is 1. The highest BCUT2D eigenvalue weighted by Crippen LogP contribution is 2.38. The van der Waals surface area contributed by atoms with Crippen LogP contribution >= 0.6 is 35.6 Å². The summed E-state index contributed by atoms with van der Waals surface area (Å²) in [5.74, 6) is 0.685. The standard InChI is InChI=1S/C15H12Cl2N6O3.ClH/c16-9-6-8(23(24)25)7-10(17)12(9)22-5-2-11(20-22)13-19-14(21-26-13)15(18)3-1-4-15;/h2,5-7H,1,3-4,18H2;1H. The number of nitrogens with zero attached hydrogens (tertiary/aromatic N) is 5. The molecule has 2 N–H and O–H groups in total. The summed E-state index contributed by atoms with van der Waals surface area (Å²) in [6.07, 6.45) is 4.26. The van der Waals surface area contributed by atoms with E-state index in [2.05, 4.69) is 15.2 Å². The zero-order valence-corrected chi connectivity index (χ0v) is 16.0. The summed E-state index contributed by atoms with van der Waals surface area (Å²) >= 11 is 12.3. The van der Waals surface area contributed by atoms with E-state index in [1.807, 2.05) is 0 Å². The third kappa shape index (κ3) is 3.39. The molecule has 0 unspecified atom stereocenters. The van der Waals surface area contributed by atoms with Crippen LogP contribution < -0.4 is 5.73 Å². The highest BCUT2D eigenvalue weighted by molar-refractivity contribution is 6.38. The van der Waals surface area contributed by atoms with Gasteiger partial charge in [0.25, 0.3) is 11.6 Å². The van der Waals surface area contributed by atoms with Crippen molar-refractivity contribution >= 4 is 41.3 Å². The lowest BCUT2D eigenvalue weighted by molar-refractivity contribution is -0.384. The smallest absolute Gasteiger partial charge is 0.278 e. The third-order valence-electron chi connectivity index (χ3n) is 4.37. The zero-order chi connectivity index (χ0) is 18.5. The van der Waals surface area contributed by atoms with Gasteiger partial charge in [0.05, 0.1) is 20.5 Å². The predicted molar refractivity (Wildman–Crippen MR) is 100 cm³/mol. The Morgan fingerprint density at radius 3 is 2.52 bits per heavy atom. The summed E-state index contributed by atoms with van der Waals surface area (Å²) in [5, 5.41) is 19.4. The molecule has 12 heteroatoms. The molecule has 0 atom stereocenters. The van der Waals surface area contributed by atoms with E-state index in [1.54, 1.807) is 12.3 Å². The molecule has 0 spiro atoms. The van der Waals surface area contributed by atoms with E-state index in [9.17, 15) is 10.1 Å². The van der Waals surface area contributed by atoms with Crippen LogP contribution in [-0.4, -0.2) is 24.8 Å². The van der Waals surface area contributed by atoms with Gasteiger partial charge in [0.2, 0.25) is 0 Å². The van der Waals surface area contributed by atoms with Crippen molar-refractivity contribution in [2.45, 2.75) is 24.8 Å². The third-order valence-corrected chi connectivity index (χ3v) is 4.94. The van der Waals surface area contributed by atoms with Gasteiger partial charge in [-0.3, -0.25) is 10.1 Å². The average Bonchev–Trinajstić information content (AvgIpc) is 3.21. The van der Waals surface area contributed by atoms with E-state index in [0.717, 1.165) is 19.3 Å². The van der Waals surface area contributed by atoms with Crippen LogP contribution in [0.5, 0.6) is 0 Å². The minimum absolute atomic E-state index is 0. The summed E-state index contributed by atoms with van der Waals surface area (Å²) in [5.41, 5.74) is 6.19. The molecule has 0 saturated heterocycles. The summed E-state index contributed by atoms with van der Waals surface area (Å²) in [6.45, 7) is 0. The number of halogens is 3. The molecule has 9 nitrogen and oxygen atoms in total. The van der Waals surface area contributed by atoms with E-state index in [4.69, 9.17) is 33.5 Å². The van der Waals surface area contributed by atoms with Crippen LogP contribution in [0.4, 0.5) is 5.69 Å². The maximum Gasteiger partial charge on any atom is 0.278 e. The molecule has 142 valence electrons. The largest absolute Gasteiger partial charge is 0.332 e. The second-order valence-corrected chi connectivity index (χ2v) is 6.91. The van der Waals surface area contributed by atoms with Gasteiger partial charge in [-0.05, 0) is 25.3 Å². The van der Waals surface area contributed by atoms with Crippen LogP contribution in [0.2, 0.25) is 10.0 Å². The van der Waals surface area contributed by atoms with Crippen molar-refractivity contribution in [1.29, 1.82) is 0 Å². The highest BCUT2D eigenvalue weighted by Gasteiger charge is 2.39. The zero-order valence-electron chi connectivity index (χ0n) is 13.6. The summed E-state index contributed by atoms with van der Waals surface area (Å²) in [4.78, 5) is 14.6. The van der Waals surface area contributed by atoms with Crippen LogP contribution in [0.1, 0.15) is 25.1 Å². The van der Waals surface area contributed by atoms with Crippen molar-refractivity contribution in [3.05, 3.63) is 50.4 Å². The monoisotopic (exact) mass is 430 g/mol. The van der Waals surface area contributed by atoms with Crippen LogP contribution in [0.3, 0.4) is 0 Å². The fourth-order valence-electron chi connectivity index (χ4n) is 2.75. The Labute approximate surface area is 169 Å². The molecule has 0 aliphatic heterocycles. The highest BCUT2D eigenvalue weighted by atomic mass is 35.5. The molecule has 1 aliphatic rings. The molecule has 4 rings (SSSR count). The Bertz CT molecular complexity index is 991. The minimum atomic E-state index is -0.570. The van der Waals surface area contributed by atoms with E-state index in [1.165, 1.54) is 16.8 Å². The number of rotatable bonds is 4.